The van der Waals surface area contributed by atoms with Crippen LogP contribution in [0.15, 0.2) is 35.4 Å². The minimum Gasteiger partial charge on any atom is -0.493 e. The van der Waals surface area contributed by atoms with Crippen molar-refractivity contribution >= 4 is 33.4 Å². The van der Waals surface area contributed by atoms with E-state index in [1.54, 1.807) is 12.1 Å². The van der Waals surface area contributed by atoms with Crippen molar-refractivity contribution in [2.24, 2.45) is 0 Å². The number of nitrogens with one attached hydrogen (secondary N) is 1. The molecule has 2 aromatic rings. The molecule has 15 heteroatoms. The molecule has 4 rings (SSSR count). The molecule has 1 aromatic heterocycles. The average molecular weight is 583 g/mol. The number of rotatable bonds is 6. The second-order valence-corrected chi connectivity index (χ2v) is 10.6. The van der Waals surface area contributed by atoms with Gasteiger partial charge in [-0.1, -0.05) is 29.8 Å². The van der Waals surface area contributed by atoms with Crippen molar-refractivity contribution in [3.05, 3.63) is 46.5 Å². The number of carboxylic acid groups (broad SMARTS) is 1. The zero-order chi connectivity index (χ0) is 28.1. The van der Waals surface area contributed by atoms with Crippen LogP contribution in [0, 0.1) is 6.92 Å². The first-order chi connectivity index (χ1) is 17.8. The standard InChI is InChI=1S/C21H26ClFN4O3S.C2HF3O2/c1-15-3-2-4-16-18(7-14-30-20(15)16)25-31(28,29)21-17(22)5-6-19(24-21)27-12-10-26(9-8-23)11-13-27;3-2(4,5)1(6)7/h2-6,18,25H,7-14H2,1H3;(H,6,7)/t18-;/m1./s1. The third kappa shape index (κ3) is 7.46. The first-order valence-electron chi connectivity index (χ1n) is 11.6. The van der Waals surface area contributed by atoms with E-state index < -0.39 is 28.2 Å². The van der Waals surface area contributed by atoms with Crippen molar-refractivity contribution in [3.8, 4) is 5.75 Å². The molecule has 2 aliphatic rings. The molecule has 1 aromatic carbocycles. The van der Waals surface area contributed by atoms with Gasteiger partial charge < -0.3 is 14.7 Å². The van der Waals surface area contributed by atoms with Crippen molar-refractivity contribution in [1.82, 2.24) is 14.6 Å². The Morgan fingerprint density at radius 1 is 1.21 bits per heavy atom. The Labute approximate surface area is 222 Å². The number of sulfonamides is 1. The molecule has 0 aliphatic carbocycles. The largest absolute Gasteiger partial charge is 0.493 e. The molecule has 1 fully saturated rings. The van der Waals surface area contributed by atoms with Crippen LogP contribution in [0.1, 0.15) is 23.6 Å². The zero-order valence-electron chi connectivity index (χ0n) is 20.3. The number of piperazine rings is 1. The second kappa shape index (κ2) is 12.5. The maximum Gasteiger partial charge on any atom is 0.490 e. The Morgan fingerprint density at radius 2 is 1.87 bits per heavy atom. The monoisotopic (exact) mass is 582 g/mol. The highest BCUT2D eigenvalue weighted by Gasteiger charge is 2.38. The Balaban J connectivity index is 0.000000505. The van der Waals surface area contributed by atoms with Gasteiger partial charge in [-0.15, -0.1) is 0 Å². The molecule has 210 valence electrons. The predicted octanol–water partition coefficient (Wildman–Crippen LogP) is 3.57. The summed E-state index contributed by atoms with van der Waals surface area (Å²) in [5.41, 5.74) is 1.78. The fraction of sp³-hybridized carbons (Fsp3) is 0.478. The number of aliphatic carboxylic acids is 1. The van der Waals surface area contributed by atoms with E-state index in [0.717, 1.165) is 16.9 Å². The number of aromatic nitrogens is 1. The van der Waals surface area contributed by atoms with Crippen LogP contribution in [-0.4, -0.2) is 81.6 Å². The van der Waals surface area contributed by atoms with Crippen LogP contribution in [0.2, 0.25) is 5.02 Å². The highest BCUT2D eigenvalue weighted by Crippen LogP contribution is 2.36. The SMILES string of the molecule is Cc1cccc2c1OCC[C@H]2NS(=O)(=O)c1nc(N2CCN(CCF)CC2)ccc1Cl.O=C(O)C(F)(F)F. The van der Waals surface area contributed by atoms with Crippen molar-refractivity contribution in [1.29, 1.82) is 0 Å². The summed E-state index contributed by atoms with van der Waals surface area (Å²) in [6.45, 7) is 5.10. The lowest BCUT2D eigenvalue weighted by molar-refractivity contribution is -0.192. The fourth-order valence-electron chi connectivity index (χ4n) is 4.04. The topological polar surface area (TPSA) is 112 Å². The molecule has 1 atom stereocenters. The number of benzene rings is 1. The molecule has 0 radical (unpaired) electrons. The lowest BCUT2D eigenvalue weighted by atomic mass is 9.99. The molecule has 38 heavy (non-hydrogen) atoms. The number of pyridine rings is 1. The van der Waals surface area contributed by atoms with E-state index in [0.29, 0.717) is 51.6 Å². The van der Waals surface area contributed by atoms with Crippen LogP contribution < -0.4 is 14.4 Å². The van der Waals surface area contributed by atoms with Crippen LogP contribution in [0.5, 0.6) is 5.75 Å². The van der Waals surface area contributed by atoms with Crippen LogP contribution >= 0.6 is 11.6 Å². The molecule has 0 unspecified atom stereocenters. The molecule has 2 N–H and O–H groups in total. The average Bonchev–Trinajstić information content (AvgIpc) is 2.85. The predicted molar refractivity (Wildman–Crippen MR) is 132 cm³/mol. The van der Waals surface area contributed by atoms with E-state index in [-0.39, 0.29) is 16.7 Å². The van der Waals surface area contributed by atoms with Gasteiger partial charge >= 0.3 is 12.1 Å². The van der Waals surface area contributed by atoms with E-state index in [1.165, 1.54) is 0 Å². The van der Waals surface area contributed by atoms with Crippen molar-refractivity contribution in [2.75, 3.05) is 50.9 Å². The van der Waals surface area contributed by atoms with E-state index >= 15 is 0 Å². The molecule has 9 nitrogen and oxygen atoms in total. The van der Waals surface area contributed by atoms with E-state index in [9.17, 15) is 26.0 Å². The van der Waals surface area contributed by atoms with E-state index in [1.807, 2.05) is 34.9 Å². The van der Waals surface area contributed by atoms with Gasteiger partial charge in [0, 0.05) is 44.7 Å². The van der Waals surface area contributed by atoms with Gasteiger partial charge in [-0.2, -0.15) is 13.2 Å². The lowest BCUT2D eigenvalue weighted by Crippen LogP contribution is -2.47. The molecule has 0 bridgehead atoms. The molecule has 3 heterocycles. The van der Waals surface area contributed by atoms with Gasteiger partial charge in [0.25, 0.3) is 10.0 Å². The molecule has 0 spiro atoms. The number of anilines is 1. The van der Waals surface area contributed by atoms with Crippen LogP contribution in [-0.2, 0) is 14.8 Å². The van der Waals surface area contributed by atoms with Crippen LogP contribution in [0.3, 0.4) is 0 Å². The first-order valence-corrected chi connectivity index (χ1v) is 13.4. The van der Waals surface area contributed by atoms with Gasteiger partial charge in [-0.05, 0) is 24.6 Å². The zero-order valence-corrected chi connectivity index (χ0v) is 21.9. The maximum absolute atomic E-state index is 13.2. The number of carboxylic acids is 1. The minimum atomic E-state index is -5.08. The molecule has 0 amide bonds. The van der Waals surface area contributed by atoms with E-state index in [4.69, 9.17) is 26.2 Å². The number of fused-ring (bicyclic) bond motifs is 1. The molecule has 0 saturated carbocycles. The summed E-state index contributed by atoms with van der Waals surface area (Å²) in [7, 11) is -3.96. The fourth-order valence-corrected chi connectivity index (χ4v) is 5.72. The molecule has 2 aliphatic heterocycles. The molecular formula is C23H27ClF4N4O5S. The molecular weight excluding hydrogens is 556 g/mol. The Bertz CT molecular complexity index is 1240. The lowest BCUT2D eigenvalue weighted by Gasteiger charge is -2.35. The molecule has 1 saturated heterocycles. The minimum absolute atomic E-state index is 0.0730. The number of aryl methyl sites for hydroxylation is 1. The number of alkyl halides is 4. The number of carbonyl (C=O) groups is 1. The number of ether oxygens (including phenoxy) is 1. The van der Waals surface area contributed by atoms with Crippen LogP contribution in [0.4, 0.5) is 23.4 Å². The smallest absolute Gasteiger partial charge is 0.490 e. The van der Waals surface area contributed by atoms with E-state index in [2.05, 4.69) is 9.71 Å². The number of hydrogen-bond donors (Lipinski definition) is 2. The maximum atomic E-state index is 13.2. The van der Waals surface area contributed by atoms with Gasteiger partial charge in [0.15, 0.2) is 5.03 Å². The number of hydrogen-bond acceptors (Lipinski definition) is 7. The van der Waals surface area contributed by atoms with Crippen molar-refractivity contribution in [3.63, 3.8) is 0 Å². The summed E-state index contributed by atoms with van der Waals surface area (Å²) >= 11 is 6.25. The quantitative estimate of drug-likeness (QED) is 0.497. The Kier molecular flexibility index (Phi) is 9.79. The van der Waals surface area contributed by atoms with Crippen LogP contribution in [0.25, 0.3) is 0 Å². The van der Waals surface area contributed by atoms with Gasteiger partial charge in [-0.3, -0.25) is 4.90 Å². The second-order valence-electron chi connectivity index (χ2n) is 8.58. The summed E-state index contributed by atoms with van der Waals surface area (Å²) < 4.78 is 79.3. The van der Waals surface area contributed by atoms with Crippen molar-refractivity contribution in [2.45, 2.75) is 30.6 Å². The summed E-state index contributed by atoms with van der Waals surface area (Å²) in [6, 6.07) is 8.56. The summed E-state index contributed by atoms with van der Waals surface area (Å²) in [4.78, 5) is 17.3. The Morgan fingerprint density at radius 3 is 2.47 bits per heavy atom. The number of para-hydroxylation sites is 1. The van der Waals surface area contributed by atoms with Crippen molar-refractivity contribution < 1.29 is 40.6 Å². The summed E-state index contributed by atoms with van der Waals surface area (Å²) in [6.07, 6.45) is -4.57. The summed E-state index contributed by atoms with van der Waals surface area (Å²) in [5, 5.41) is 7.02. The third-order valence-electron chi connectivity index (χ3n) is 5.96. The van der Waals surface area contributed by atoms with Gasteiger partial charge in [0.1, 0.15) is 18.2 Å². The highest BCUT2D eigenvalue weighted by atomic mass is 35.5. The highest BCUT2D eigenvalue weighted by molar-refractivity contribution is 7.89. The van der Waals surface area contributed by atoms with Gasteiger partial charge in [0.2, 0.25) is 0 Å². The summed E-state index contributed by atoms with van der Waals surface area (Å²) in [5.74, 6) is -1.49. The van der Waals surface area contributed by atoms with Gasteiger partial charge in [0.05, 0.1) is 17.7 Å². The van der Waals surface area contributed by atoms with Gasteiger partial charge in [-0.25, -0.2) is 27.3 Å². The number of halogens is 5. The Hall–Kier alpha value is -2.68. The normalized spacial score (nSPS) is 18.2. The third-order valence-corrected chi connectivity index (χ3v) is 7.79. The first kappa shape index (κ1) is 29.9. The number of nitrogens with zero attached hydrogens (tertiary/aromatic N) is 3.